The van der Waals surface area contributed by atoms with Crippen molar-refractivity contribution in [2.75, 3.05) is 26.4 Å². The monoisotopic (exact) mass is 325 g/mol. The topological polar surface area (TPSA) is 98.7 Å². The summed E-state index contributed by atoms with van der Waals surface area (Å²) in [7, 11) is 1.65. The molecule has 8 nitrogen and oxygen atoms in total. The maximum Gasteiger partial charge on any atom is 0.407 e. The number of piperidine rings is 1. The maximum atomic E-state index is 12.3. The van der Waals surface area contributed by atoms with Crippen molar-refractivity contribution in [3.63, 3.8) is 0 Å². The highest BCUT2D eigenvalue weighted by Crippen LogP contribution is 2.12. The van der Waals surface area contributed by atoms with E-state index < -0.39 is 6.09 Å². The van der Waals surface area contributed by atoms with Gasteiger partial charge in [0.05, 0.1) is 0 Å². The molecule has 9 heteroatoms. The minimum atomic E-state index is -0.895. The lowest BCUT2D eigenvalue weighted by Crippen LogP contribution is -2.51. The largest absolute Gasteiger partial charge is 0.465 e. The predicted octanol–water partition coefficient (Wildman–Crippen LogP) is 0.917. The molecule has 0 spiro atoms. The summed E-state index contributed by atoms with van der Waals surface area (Å²) < 4.78 is 0. The van der Waals surface area contributed by atoms with Gasteiger partial charge < -0.3 is 10.0 Å². The van der Waals surface area contributed by atoms with E-state index in [4.69, 9.17) is 5.11 Å². The standard InChI is InChI=1S/C13H19N5O3S/c1-17(11(19)10-3-6-14-12(15-10)22-2)16-9-4-7-18(8-5-9)13(20)21/h3,6,9,16H,4-5,7-8H2,1-2H3,(H,20,21). The Bertz CT molecular complexity index is 548. The molecule has 1 fully saturated rings. The molecule has 1 aliphatic heterocycles. The van der Waals surface area contributed by atoms with Gasteiger partial charge >= 0.3 is 6.09 Å². The van der Waals surface area contributed by atoms with Crippen LogP contribution in [-0.4, -0.2) is 69.4 Å². The number of carboxylic acid groups (broad SMARTS) is 1. The number of carbonyl (C=O) groups is 2. The van der Waals surface area contributed by atoms with Crippen LogP contribution < -0.4 is 5.43 Å². The molecule has 1 saturated heterocycles. The molecule has 0 atom stereocenters. The number of thioether (sulfide) groups is 1. The fourth-order valence-electron chi connectivity index (χ4n) is 2.26. The minimum Gasteiger partial charge on any atom is -0.465 e. The number of nitrogens with one attached hydrogen (secondary N) is 1. The molecule has 0 saturated carbocycles. The van der Waals surface area contributed by atoms with Crippen molar-refractivity contribution in [2.45, 2.75) is 24.0 Å². The Hall–Kier alpha value is -1.87. The summed E-state index contributed by atoms with van der Waals surface area (Å²) in [6.45, 7) is 0.943. The highest BCUT2D eigenvalue weighted by atomic mass is 32.2. The number of hydrogen-bond acceptors (Lipinski definition) is 6. The van der Waals surface area contributed by atoms with Crippen LogP contribution in [0.2, 0.25) is 0 Å². The number of rotatable bonds is 4. The van der Waals surface area contributed by atoms with Crippen molar-refractivity contribution in [3.05, 3.63) is 18.0 Å². The first-order chi connectivity index (χ1) is 10.5. The van der Waals surface area contributed by atoms with E-state index in [0.29, 0.717) is 36.8 Å². The third kappa shape index (κ3) is 4.08. The predicted molar refractivity (Wildman–Crippen MR) is 81.7 cm³/mol. The van der Waals surface area contributed by atoms with Gasteiger partial charge in [0.25, 0.3) is 5.91 Å². The third-order valence-electron chi connectivity index (χ3n) is 3.48. The Labute approximate surface area is 132 Å². The van der Waals surface area contributed by atoms with Gasteiger partial charge in [-0.2, -0.15) is 0 Å². The lowest BCUT2D eigenvalue weighted by atomic mass is 10.1. The number of likely N-dealkylation sites (tertiary alicyclic amines) is 1. The second kappa shape index (κ2) is 7.41. The average Bonchev–Trinajstić information content (AvgIpc) is 2.54. The summed E-state index contributed by atoms with van der Waals surface area (Å²) in [5.41, 5.74) is 3.44. The zero-order valence-electron chi connectivity index (χ0n) is 12.5. The smallest absolute Gasteiger partial charge is 0.407 e. The van der Waals surface area contributed by atoms with E-state index in [9.17, 15) is 9.59 Å². The second-order valence-electron chi connectivity index (χ2n) is 4.97. The Morgan fingerprint density at radius 2 is 2.14 bits per heavy atom. The zero-order valence-corrected chi connectivity index (χ0v) is 13.3. The molecule has 1 aromatic rings. The van der Waals surface area contributed by atoms with Gasteiger partial charge in [0.1, 0.15) is 5.69 Å². The fraction of sp³-hybridized carbons (Fsp3) is 0.538. The van der Waals surface area contributed by atoms with E-state index in [2.05, 4.69) is 15.4 Å². The van der Waals surface area contributed by atoms with Crippen molar-refractivity contribution in [2.24, 2.45) is 0 Å². The number of hydrazine groups is 1. The van der Waals surface area contributed by atoms with Crippen LogP contribution >= 0.6 is 11.8 Å². The quantitative estimate of drug-likeness (QED) is 0.482. The van der Waals surface area contributed by atoms with Gasteiger partial charge in [-0.15, -0.1) is 0 Å². The van der Waals surface area contributed by atoms with Crippen LogP contribution in [0, 0.1) is 0 Å². The Balaban J connectivity index is 1.90. The first-order valence-electron chi connectivity index (χ1n) is 6.90. The molecule has 2 rings (SSSR count). The molecular weight excluding hydrogens is 306 g/mol. The Kier molecular flexibility index (Phi) is 5.56. The number of amides is 2. The molecule has 2 N–H and O–H groups in total. The first kappa shape index (κ1) is 16.5. The molecule has 1 aromatic heterocycles. The first-order valence-corrected chi connectivity index (χ1v) is 8.13. The Morgan fingerprint density at radius 1 is 1.45 bits per heavy atom. The summed E-state index contributed by atoms with van der Waals surface area (Å²) in [6.07, 6.45) is 3.86. The van der Waals surface area contributed by atoms with Crippen molar-refractivity contribution < 1.29 is 14.7 Å². The number of nitrogens with zero attached hydrogens (tertiary/aromatic N) is 4. The highest BCUT2D eigenvalue weighted by Gasteiger charge is 2.24. The molecule has 0 aromatic carbocycles. The molecule has 120 valence electrons. The lowest BCUT2D eigenvalue weighted by molar-refractivity contribution is 0.0625. The van der Waals surface area contributed by atoms with E-state index in [0.717, 1.165) is 0 Å². The SMILES string of the molecule is CSc1nccc(C(=O)N(C)NC2CCN(C(=O)O)CC2)n1. The molecule has 2 heterocycles. The van der Waals surface area contributed by atoms with Gasteiger partial charge in [0.2, 0.25) is 0 Å². The van der Waals surface area contributed by atoms with E-state index in [1.165, 1.54) is 21.7 Å². The van der Waals surface area contributed by atoms with Crippen LogP contribution in [0.4, 0.5) is 4.79 Å². The van der Waals surface area contributed by atoms with Gasteiger partial charge in [0.15, 0.2) is 5.16 Å². The van der Waals surface area contributed by atoms with Gasteiger partial charge in [0, 0.05) is 32.4 Å². The van der Waals surface area contributed by atoms with Gasteiger partial charge in [-0.25, -0.2) is 20.2 Å². The lowest BCUT2D eigenvalue weighted by Gasteiger charge is -2.33. The summed E-state index contributed by atoms with van der Waals surface area (Å²) in [4.78, 5) is 32.8. The summed E-state index contributed by atoms with van der Waals surface area (Å²) in [6, 6.07) is 1.65. The van der Waals surface area contributed by atoms with Crippen LogP contribution in [0.5, 0.6) is 0 Å². The van der Waals surface area contributed by atoms with Crippen LogP contribution in [-0.2, 0) is 0 Å². The number of carbonyl (C=O) groups excluding carboxylic acids is 1. The molecule has 0 bridgehead atoms. The van der Waals surface area contributed by atoms with Gasteiger partial charge in [-0.05, 0) is 25.2 Å². The minimum absolute atomic E-state index is 0.0754. The molecule has 0 radical (unpaired) electrons. The molecule has 0 unspecified atom stereocenters. The second-order valence-corrected chi connectivity index (χ2v) is 5.74. The molecule has 0 aliphatic carbocycles. The summed E-state index contributed by atoms with van der Waals surface area (Å²) in [5.74, 6) is -0.238. The van der Waals surface area contributed by atoms with Crippen LogP contribution in [0.25, 0.3) is 0 Å². The Morgan fingerprint density at radius 3 is 2.73 bits per heavy atom. The van der Waals surface area contributed by atoms with Crippen LogP contribution in [0.3, 0.4) is 0 Å². The maximum absolute atomic E-state index is 12.3. The molecule has 2 amide bonds. The number of hydrogen-bond donors (Lipinski definition) is 2. The summed E-state index contributed by atoms with van der Waals surface area (Å²) in [5, 5.41) is 10.9. The van der Waals surface area contributed by atoms with Gasteiger partial charge in [-0.1, -0.05) is 11.8 Å². The van der Waals surface area contributed by atoms with E-state index >= 15 is 0 Å². The van der Waals surface area contributed by atoms with E-state index in [1.807, 2.05) is 6.26 Å². The average molecular weight is 325 g/mol. The number of aromatic nitrogens is 2. The molecule has 1 aliphatic rings. The molecule has 22 heavy (non-hydrogen) atoms. The highest BCUT2D eigenvalue weighted by molar-refractivity contribution is 7.98. The van der Waals surface area contributed by atoms with E-state index in [-0.39, 0.29) is 11.9 Å². The molecular formula is C13H19N5O3S. The van der Waals surface area contributed by atoms with Crippen LogP contribution in [0.1, 0.15) is 23.3 Å². The van der Waals surface area contributed by atoms with Crippen molar-refractivity contribution >= 4 is 23.8 Å². The van der Waals surface area contributed by atoms with Crippen molar-refractivity contribution in [3.8, 4) is 0 Å². The fourth-order valence-corrected chi connectivity index (χ4v) is 2.62. The normalized spacial score (nSPS) is 15.6. The third-order valence-corrected chi connectivity index (χ3v) is 4.04. The zero-order chi connectivity index (χ0) is 16.1. The van der Waals surface area contributed by atoms with Crippen molar-refractivity contribution in [1.82, 2.24) is 25.3 Å². The van der Waals surface area contributed by atoms with E-state index in [1.54, 1.807) is 19.3 Å². The van der Waals surface area contributed by atoms with Crippen LogP contribution in [0.15, 0.2) is 17.4 Å². The van der Waals surface area contributed by atoms with Gasteiger partial charge in [-0.3, -0.25) is 9.80 Å². The van der Waals surface area contributed by atoms with Crippen molar-refractivity contribution in [1.29, 1.82) is 0 Å². The summed E-state index contributed by atoms with van der Waals surface area (Å²) >= 11 is 1.38.